The van der Waals surface area contributed by atoms with Gasteiger partial charge in [-0.05, 0) is 34.3 Å². The molecule has 88 valence electrons. The van der Waals surface area contributed by atoms with Gasteiger partial charge >= 0.3 is 5.97 Å². The molecule has 5 heteroatoms. The number of carboxylic acid groups (broad SMARTS) is 1. The van der Waals surface area contributed by atoms with E-state index in [0.29, 0.717) is 18.0 Å². The van der Waals surface area contributed by atoms with Gasteiger partial charge in [0.25, 0.3) is 0 Å². The second kappa shape index (κ2) is 5.84. The number of anilines is 1. The first kappa shape index (κ1) is 13.0. The van der Waals surface area contributed by atoms with Crippen molar-refractivity contribution in [3.05, 3.63) is 22.9 Å². The number of hydrogen-bond acceptors (Lipinski definition) is 3. The molecule has 0 aliphatic carbocycles. The third-order valence-corrected chi connectivity index (χ3v) is 2.48. The van der Waals surface area contributed by atoms with Crippen molar-refractivity contribution in [3.8, 4) is 0 Å². The van der Waals surface area contributed by atoms with Crippen molar-refractivity contribution in [2.24, 2.45) is 5.92 Å². The normalized spacial score (nSPS) is 12.5. The van der Waals surface area contributed by atoms with Crippen LogP contribution < -0.4 is 5.32 Å². The quantitative estimate of drug-likeness (QED) is 0.874. The van der Waals surface area contributed by atoms with Gasteiger partial charge in [0.2, 0.25) is 0 Å². The van der Waals surface area contributed by atoms with Crippen LogP contribution in [0.3, 0.4) is 0 Å². The Morgan fingerprint density at radius 1 is 1.56 bits per heavy atom. The highest BCUT2D eigenvalue weighted by molar-refractivity contribution is 9.10. The van der Waals surface area contributed by atoms with Crippen molar-refractivity contribution in [3.63, 3.8) is 0 Å². The number of pyridine rings is 1. The van der Waals surface area contributed by atoms with E-state index >= 15 is 0 Å². The van der Waals surface area contributed by atoms with E-state index in [1.54, 1.807) is 12.4 Å². The highest BCUT2D eigenvalue weighted by Crippen LogP contribution is 2.16. The molecule has 0 bridgehead atoms. The molecule has 1 rings (SSSR count). The number of aromatic nitrogens is 1. The third-order valence-electron chi connectivity index (χ3n) is 2.05. The Morgan fingerprint density at radius 3 is 2.75 bits per heavy atom. The second-order valence-corrected chi connectivity index (χ2v) is 4.97. The first-order valence-electron chi connectivity index (χ1n) is 5.09. The smallest absolute Gasteiger partial charge is 0.326 e. The number of nitrogens with one attached hydrogen (secondary N) is 1. The SMILES string of the molecule is CC(C)CC(Nc1cncc(Br)c1)C(=O)O. The molecular weight excluding hydrogens is 272 g/mol. The van der Waals surface area contributed by atoms with Crippen LogP contribution in [0, 0.1) is 5.92 Å². The topological polar surface area (TPSA) is 62.2 Å². The van der Waals surface area contributed by atoms with Crippen LogP contribution in [0.25, 0.3) is 0 Å². The number of carboxylic acids is 1. The Labute approximate surface area is 103 Å². The maximum Gasteiger partial charge on any atom is 0.326 e. The monoisotopic (exact) mass is 286 g/mol. The molecule has 0 aromatic carbocycles. The van der Waals surface area contributed by atoms with Gasteiger partial charge in [-0.1, -0.05) is 13.8 Å². The summed E-state index contributed by atoms with van der Waals surface area (Å²) in [6, 6.07) is 1.24. The molecule has 0 aliphatic heterocycles. The molecule has 0 amide bonds. The fourth-order valence-corrected chi connectivity index (χ4v) is 1.75. The summed E-state index contributed by atoms with van der Waals surface area (Å²) in [7, 11) is 0. The fourth-order valence-electron chi connectivity index (χ4n) is 1.38. The van der Waals surface area contributed by atoms with Gasteiger partial charge in [-0.2, -0.15) is 0 Å². The molecule has 1 unspecified atom stereocenters. The summed E-state index contributed by atoms with van der Waals surface area (Å²) in [5.41, 5.74) is 0.711. The van der Waals surface area contributed by atoms with Gasteiger partial charge in [0, 0.05) is 10.7 Å². The Bertz CT molecular complexity index is 369. The van der Waals surface area contributed by atoms with Crippen LogP contribution >= 0.6 is 15.9 Å². The predicted molar refractivity (Wildman–Crippen MR) is 66.4 cm³/mol. The molecule has 2 N–H and O–H groups in total. The van der Waals surface area contributed by atoms with Crippen LogP contribution in [0.4, 0.5) is 5.69 Å². The molecular formula is C11H15BrN2O2. The van der Waals surface area contributed by atoms with E-state index in [0.717, 1.165) is 4.47 Å². The van der Waals surface area contributed by atoms with E-state index in [1.165, 1.54) is 0 Å². The van der Waals surface area contributed by atoms with Crippen LogP contribution in [-0.4, -0.2) is 22.1 Å². The number of rotatable bonds is 5. The Morgan fingerprint density at radius 2 is 2.25 bits per heavy atom. The summed E-state index contributed by atoms with van der Waals surface area (Å²) in [5.74, 6) is -0.512. The molecule has 1 atom stereocenters. The summed E-state index contributed by atoms with van der Waals surface area (Å²) in [4.78, 5) is 15.0. The van der Waals surface area contributed by atoms with Gasteiger partial charge in [-0.25, -0.2) is 4.79 Å². The fraction of sp³-hybridized carbons (Fsp3) is 0.455. The molecule has 0 saturated heterocycles. The van der Waals surface area contributed by atoms with Crippen molar-refractivity contribution in [1.29, 1.82) is 0 Å². The largest absolute Gasteiger partial charge is 0.480 e. The van der Waals surface area contributed by atoms with Crippen molar-refractivity contribution in [1.82, 2.24) is 4.98 Å². The van der Waals surface area contributed by atoms with Crippen LogP contribution in [-0.2, 0) is 4.79 Å². The lowest BCUT2D eigenvalue weighted by molar-refractivity contribution is -0.138. The number of nitrogens with zero attached hydrogens (tertiary/aromatic N) is 1. The number of carbonyl (C=O) groups is 1. The van der Waals surface area contributed by atoms with Crippen molar-refractivity contribution in [2.45, 2.75) is 26.3 Å². The van der Waals surface area contributed by atoms with E-state index in [1.807, 2.05) is 19.9 Å². The van der Waals surface area contributed by atoms with Crippen LogP contribution in [0.1, 0.15) is 20.3 Å². The zero-order chi connectivity index (χ0) is 12.1. The number of aliphatic carboxylic acids is 1. The van der Waals surface area contributed by atoms with Crippen LogP contribution in [0.15, 0.2) is 22.9 Å². The number of hydrogen-bond donors (Lipinski definition) is 2. The summed E-state index contributed by atoms with van der Waals surface area (Å²) in [6.45, 7) is 3.99. The standard InChI is InChI=1S/C11H15BrN2O2/c1-7(2)3-10(11(15)16)14-9-4-8(12)5-13-6-9/h4-7,10,14H,3H2,1-2H3,(H,15,16). The molecule has 0 spiro atoms. The highest BCUT2D eigenvalue weighted by Gasteiger charge is 2.18. The van der Waals surface area contributed by atoms with Gasteiger partial charge in [-0.15, -0.1) is 0 Å². The van der Waals surface area contributed by atoms with E-state index in [4.69, 9.17) is 5.11 Å². The molecule has 0 saturated carbocycles. The molecule has 16 heavy (non-hydrogen) atoms. The summed E-state index contributed by atoms with van der Waals surface area (Å²) in [6.07, 6.45) is 3.85. The van der Waals surface area contributed by atoms with E-state index < -0.39 is 12.0 Å². The average molecular weight is 287 g/mol. The minimum atomic E-state index is -0.839. The van der Waals surface area contributed by atoms with Crippen molar-refractivity contribution >= 4 is 27.6 Å². The first-order valence-corrected chi connectivity index (χ1v) is 5.88. The van der Waals surface area contributed by atoms with Crippen LogP contribution in [0.5, 0.6) is 0 Å². The Hall–Kier alpha value is -1.10. The summed E-state index contributed by atoms with van der Waals surface area (Å²) in [5, 5.41) is 12.0. The van der Waals surface area contributed by atoms with Crippen LogP contribution in [0.2, 0.25) is 0 Å². The minimum absolute atomic E-state index is 0.328. The zero-order valence-electron chi connectivity index (χ0n) is 9.27. The lowest BCUT2D eigenvalue weighted by Gasteiger charge is -2.17. The van der Waals surface area contributed by atoms with Gasteiger partial charge < -0.3 is 10.4 Å². The number of halogens is 1. The Kier molecular flexibility index (Phi) is 4.73. The maximum atomic E-state index is 11.0. The van der Waals surface area contributed by atoms with E-state index in [-0.39, 0.29) is 0 Å². The minimum Gasteiger partial charge on any atom is -0.480 e. The second-order valence-electron chi connectivity index (χ2n) is 4.06. The van der Waals surface area contributed by atoms with Gasteiger partial charge in [-0.3, -0.25) is 4.98 Å². The first-order chi connectivity index (χ1) is 7.49. The molecule has 0 radical (unpaired) electrons. The zero-order valence-corrected chi connectivity index (χ0v) is 10.9. The molecule has 4 nitrogen and oxygen atoms in total. The van der Waals surface area contributed by atoms with E-state index in [2.05, 4.69) is 26.2 Å². The average Bonchev–Trinajstić information content (AvgIpc) is 2.15. The predicted octanol–water partition coefficient (Wildman–Crippen LogP) is 2.76. The lowest BCUT2D eigenvalue weighted by Crippen LogP contribution is -2.30. The van der Waals surface area contributed by atoms with Gasteiger partial charge in [0.05, 0.1) is 11.9 Å². The lowest BCUT2D eigenvalue weighted by atomic mass is 10.0. The van der Waals surface area contributed by atoms with Gasteiger partial charge in [0.1, 0.15) is 6.04 Å². The van der Waals surface area contributed by atoms with Gasteiger partial charge in [0.15, 0.2) is 0 Å². The molecule has 1 aromatic heterocycles. The maximum absolute atomic E-state index is 11.0. The molecule has 1 heterocycles. The van der Waals surface area contributed by atoms with Crippen molar-refractivity contribution < 1.29 is 9.90 Å². The molecule has 0 aliphatic rings. The molecule has 0 fully saturated rings. The highest BCUT2D eigenvalue weighted by atomic mass is 79.9. The van der Waals surface area contributed by atoms with E-state index in [9.17, 15) is 4.79 Å². The summed E-state index contributed by atoms with van der Waals surface area (Å²) < 4.78 is 0.825. The third kappa shape index (κ3) is 4.18. The van der Waals surface area contributed by atoms with Crippen molar-refractivity contribution in [2.75, 3.05) is 5.32 Å². The Balaban J connectivity index is 2.71. The molecule has 1 aromatic rings. The summed E-state index contributed by atoms with van der Waals surface area (Å²) >= 11 is 3.29.